The van der Waals surface area contributed by atoms with E-state index in [0.717, 1.165) is 21.3 Å². The Morgan fingerprint density at radius 1 is 1.23 bits per heavy atom. The quantitative estimate of drug-likeness (QED) is 0.483. The molecule has 0 aromatic heterocycles. The van der Waals surface area contributed by atoms with E-state index in [1.165, 1.54) is 11.8 Å². The summed E-state index contributed by atoms with van der Waals surface area (Å²) in [7, 11) is 0. The number of carbonyl (C=O) groups excluding carboxylic acids is 1. The molecule has 3 rings (SSSR count). The standard InChI is InChI=1S/C20H15BrCl2N2O4S/c1-9-3-12(4-10(2)17(9)21)24-20-25-19(28)15(30-20)7-11-5-13(22)18(14(23)6-11)29-8-16(26)27/h3-7H,8H2,1-2H3,(H,26,27)(H,24,25,28)/b15-7-. The zero-order valence-electron chi connectivity index (χ0n) is 15.8. The molecule has 0 bridgehead atoms. The Kier molecular flexibility index (Phi) is 7.13. The number of carbonyl (C=O) groups is 2. The summed E-state index contributed by atoms with van der Waals surface area (Å²) in [6, 6.07) is 6.94. The Labute approximate surface area is 195 Å². The van der Waals surface area contributed by atoms with Crippen LogP contribution in [0.3, 0.4) is 0 Å². The fourth-order valence-corrected chi connectivity index (χ4v) is 4.36. The summed E-state index contributed by atoms with van der Waals surface area (Å²) < 4.78 is 6.12. The summed E-state index contributed by atoms with van der Waals surface area (Å²) in [5, 5.41) is 12.2. The Hall–Kier alpha value is -2.00. The van der Waals surface area contributed by atoms with Gasteiger partial charge in [-0.1, -0.05) is 39.1 Å². The van der Waals surface area contributed by atoms with Gasteiger partial charge in [-0.05, 0) is 72.6 Å². The number of amidine groups is 1. The molecule has 2 aromatic carbocycles. The van der Waals surface area contributed by atoms with Crippen LogP contribution in [0.4, 0.5) is 5.69 Å². The lowest BCUT2D eigenvalue weighted by molar-refractivity contribution is -0.139. The number of aryl methyl sites for hydroxylation is 2. The number of carboxylic acids is 1. The maximum absolute atomic E-state index is 12.3. The minimum atomic E-state index is -1.14. The minimum Gasteiger partial charge on any atom is -0.479 e. The highest BCUT2D eigenvalue weighted by molar-refractivity contribution is 9.10. The smallest absolute Gasteiger partial charge is 0.341 e. The molecule has 1 heterocycles. The molecule has 156 valence electrons. The van der Waals surface area contributed by atoms with Crippen molar-refractivity contribution >= 4 is 79.7 Å². The van der Waals surface area contributed by atoms with Crippen LogP contribution in [0.25, 0.3) is 6.08 Å². The van der Waals surface area contributed by atoms with Crippen LogP contribution in [0.1, 0.15) is 16.7 Å². The van der Waals surface area contributed by atoms with E-state index in [1.54, 1.807) is 18.2 Å². The average Bonchev–Trinajstić information content (AvgIpc) is 2.97. The molecule has 1 aliphatic rings. The first-order valence-corrected chi connectivity index (χ1v) is 10.9. The first-order valence-electron chi connectivity index (χ1n) is 8.54. The lowest BCUT2D eigenvalue weighted by atomic mass is 10.1. The van der Waals surface area contributed by atoms with Gasteiger partial charge in [-0.15, -0.1) is 0 Å². The molecule has 10 heteroatoms. The molecule has 0 radical (unpaired) electrons. The highest BCUT2D eigenvalue weighted by Crippen LogP contribution is 2.36. The molecule has 2 N–H and O–H groups in total. The van der Waals surface area contributed by atoms with Crippen molar-refractivity contribution in [3.63, 3.8) is 0 Å². The predicted octanol–water partition coefficient (Wildman–Crippen LogP) is 5.73. The first kappa shape index (κ1) is 22.7. The number of carboxylic acid groups (broad SMARTS) is 1. The molecule has 1 fully saturated rings. The number of hydrogen-bond donors (Lipinski definition) is 2. The van der Waals surface area contributed by atoms with E-state index in [2.05, 4.69) is 26.2 Å². The average molecular weight is 530 g/mol. The van der Waals surface area contributed by atoms with Gasteiger partial charge in [0.15, 0.2) is 17.5 Å². The Bertz CT molecular complexity index is 1070. The number of aliphatic carboxylic acids is 1. The van der Waals surface area contributed by atoms with E-state index in [-0.39, 0.29) is 21.7 Å². The second-order valence-corrected chi connectivity index (χ2v) is 9.01. The number of benzene rings is 2. The highest BCUT2D eigenvalue weighted by Gasteiger charge is 2.24. The van der Waals surface area contributed by atoms with Crippen molar-refractivity contribution in [2.75, 3.05) is 6.61 Å². The summed E-state index contributed by atoms with van der Waals surface area (Å²) in [5.74, 6) is -1.35. The fraction of sp³-hybridized carbons (Fsp3) is 0.150. The van der Waals surface area contributed by atoms with E-state index < -0.39 is 12.6 Å². The SMILES string of the molecule is Cc1cc(N=C2NC(=O)/C(=C/c3cc(Cl)c(OCC(=O)O)c(Cl)c3)S2)cc(C)c1Br. The van der Waals surface area contributed by atoms with Crippen molar-refractivity contribution in [3.8, 4) is 5.75 Å². The molecule has 0 atom stereocenters. The van der Waals surface area contributed by atoms with Crippen molar-refractivity contribution in [2.24, 2.45) is 4.99 Å². The van der Waals surface area contributed by atoms with Crippen molar-refractivity contribution < 1.29 is 19.4 Å². The third-order valence-electron chi connectivity index (χ3n) is 3.96. The van der Waals surface area contributed by atoms with Crippen LogP contribution in [0.5, 0.6) is 5.75 Å². The zero-order chi connectivity index (χ0) is 22.0. The predicted molar refractivity (Wildman–Crippen MR) is 124 cm³/mol. The van der Waals surface area contributed by atoms with E-state index >= 15 is 0 Å². The third kappa shape index (κ3) is 5.37. The number of amides is 1. The molecule has 6 nitrogen and oxygen atoms in total. The molecule has 30 heavy (non-hydrogen) atoms. The summed E-state index contributed by atoms with van der Waals surface area (Å²) in [5.41, 5.74) is 3.41. The first-order chi connectivity index (χ1) is 14.1. The number of hydrogen-bond acceptors (Lipinski definition) is 5. The lowest BCUT2D eigenvalue weighted by Crippen LogP contribution is -2.19. The molecule has 0 aliphatic carbocycles. The monoisotopic (exact) mass is 528 g/mol. The van der Waals surface area contributed by atoms with Crippen LogP contribution in [-0.2, 0) is 9.59 Å². The maximum atomic E-state index is 12.3. The van der Waals surface area contributed by atoms with Gasteiger partial charge in [0, 0.05) is 4.47 Å². The highest BCUT2D eigenvalue weighted by atomic mass is 79.9. The van der Waals surface area contributed by atoms with Crippen molar-refractivity contribution in [1.82, 2.24) is 5.32 Å². The lowest BCUT2D eigenvalue weighted by Gasteiger charge is -2.09. The van der Waals surface area contributed by atoms with Gasteiger partial charge >= 0.3 is 5.97 Å². The summed E-state index contributed by atoms with van der Waals surface area (Å²) in [4.78, 5) is 27.9. The summed E-state index contributed by atoms with van der Waals surface area (Å²) >= 11 is 17.0. The molecule has 1 aliphatic heterocycles. The van der Waals surface area contributed by atoms with E-state index in [1.807, 2.05) is 26.0 Å². The van der Waals surface area contributed by atoms with Crippen molar-refractivity contribution in [3.05, 3.63) is 60.4 Å². The van der Waals surface area contributed by atoms with E-state index in [4.69, 9.17) is 33.0 Å². The second-order valence-electron chi connectivity index (χ2n) is 6.37. The number of ether oxygens (including phenoxy) is 1. The van der Waals surface area contributed by atoms with Crippen LogP contribution in [0, 0.1) is 13.8 Å². The maximum Gasteiger partial charge on any atom is 0.341 e. The normalized spacial score (nSPS) is 16.2. The Morgan fingerprint density at radius 2 is 1.83 bits per heavy atom. The number of nitrogens with zero attached hydrogens (tertiary/aromatic N) is 1. The zero-order valence-corrected chi connectivity index (χ0v) is 19.7. The Morgan fingerprint density at radius 3 is 2.40 bits per heavy atom. The van der Waals surface area contributed by atoms with Gasteiger partial charge in [0.05, 0.1) is 20.6 Å². The molecule has 1 saturated heterocycles. The fourth-order valence-electron chi connectivity index (χ4n) is 2.67. The van der Waals surface area contributed by atoms with Crippen LogP contribution < -0.4 is 10.1 Å². The van der Waals surface area contributed by atoms with Gasteiger partial charge < -0.3 is 15.2 Å². The largest absolute Gasteiger partial charge is 0.479 e. The summed E-state index contributed by atoms with van der Waals surface area (Å²) in [6.45, 7) is 3.39. The Balaban J connectivity index is 1.83. The number of halogens is 3. The number of nitrogens with one attached hydrogen (secondary N) is 1. The van der Waals surface area contributed by atoms with Crippen LogP contribution in [-0.4, -0.2) is 28.8 Å². The molecule has 0 saturated carbocycles. The molecular formula is C20H15BrCl2N2O4S. The van der Waals surface area contributed by atoms with E-state index in [0.29, 0.717) is 15.6 Å². The second kappa shape index (κ2) is 9.43. The van der Waals surface area contributed by atoms with Gasteiger partial charge in [-0.3, -0.25) is 4.79 Å². The van der Waals surface area contributed by atoms with Crippen molar-refractivity contribution in [1.29, 1.82) is 0 Å². The van der Waals surface area contributed by atoms with Gasteiger partial charge in [0.1, 0.15) is 0 Å². The number of thioether (sulfide) groups is 1. The molecule has 0 unspecified atom stereocenters. The van der Waals surface area contributed by atoms with Crippen LogP contribution in [0.15, 0.2) is 38.6 Å². The van der Waals surface area contributed by atoms with Crippen molar-refractivity contribution in [2.45, 2.75) is 13.8 Å². The topological polar surface area (TPSA) is 88.0 Å². The van der Waals surface area contributed by atoms with Gasteiger partial charge in [0.2, 0.25) is 0 Å². The summed E-state index contributed by atoms with van der Waals surface area (Å²) in [6.07, 6.45) is 1.62. The van der Waals surface area contributed by atoms with Crippen LogP contribution >= 0.6 is 50.9 Å². The molecule has 0 spiro atoms. The third-order valence-corrected chi connectivity index (χ3v) is 6.68. The number of aliphatic imine (C=N–C) groups is 1. The molecular weight excluding hydrogens is 515 g/mol. The van der Waals surface area contributed by atoms with Gasteiger partial charge in [-0.2, -0.15) is 0 Å². The van der Waals surface area contributed by atoms with Crippen LogP contribution in [0.2, 0.25) is 10.0 Å². The van der Waals surface area contributed by atoms with Gasteiger partial charge in [0.25, 0.3) is 5.91 Å². The molecule has 2 aromatic rings. The minimum absolute atomic E-state index is 0.0784. The van der Waals surface area contributed by atoms with E-state index in [9.17, 15) is 9.59 Å². The van der Waals surface area contributed by atoms with Gasteiger partial charge in [-0.25, -0.2) is 9.79 Å². The molecule has 1 amide bonds. The number of rotatable bonds is 5.